The van der Waals surface area contributed by atoms with Crippen molar-refractivity contribution in [2.45, 2.75) is 18.9 Å². The van der Waals surface area contributed by atoms with E-state index in [4.69, 9.17) is 4.74 Å². The van der Waals surface area contributed by atoms with E-state index >= 15 is 0 Å². The lowest BCUT2D eigenvalue weighted by atomic mass is 10.1. The molecule has 3 rings (SSSR count). The van der Waals surface area contributed by atoms with Crippen LogP contribution in [0.3, 0.4) is 0 Å². The monoisotopic (exact) mass is 382 g/mol. The molecule has 1 N–H and O–H groups in total. The van der Waals surface area contributed by atoms with Crippen molar-refractivity contribution in [3.8, 4) is 11.5 Å². The second kappa shape index (κ2) is 9.50. The van der Waals surface area contributed by atoms with Gasteiger partial charge in [0, 0.05) is 12.6 Å². The summed E-state index contributed by atoms with van der Waals surface area (Å²) in [5, 5.41) is 3.12. The molecule has 0 radical (unpaired) electrons. The largest absolute Gasteiger partial charge is 0.457 e. The highest BCUT2D eigenvalue weighted by molar-refractivity contribution is 5.97. The van der Waals surface area contributed by atoms with Crippen molar-refractivity contribution in [2.75, 3.05) is 19.6 Å². The number of halogens is 3. The number of hydrogen-bond acceptors (Lipinski definition) is 3. The molecule has 0 saturated carbocycles. The summed E-state index contributed by atoms with van der Waals surface area (Å²) in [6.07, 6.45) is -1.91. The zero-order valence-corrected chi connectivity index (χ0v) is 14.9. The standard InChI is InChI=1S/C19H20F2N2O2.ClH/c20-18(21)13-23(14-10-11-22-12-14)19(24)16-8-4-5-9-17(16)25-15-6-2-1-3-7-15;/h1-9,14,18,22H,10-13H2;1H/t14-;/m0./s1. The Morgan fingerprint density at radius 2 is 1.85 bits per heavy atom. The normalized spacial score (nSPS) is 16.2. The first-order valence-corrected chi connectivity index (χ1v) is 8.27. The number of nitrogens with one attached hydrogen (secondary N) is 1. The molecule has 1 aliphatic rings. The molecule has 7 heteroatoms. The molecule has 0 spiro atoms. The van der Waals surface area contributed by atoms with Crippen LogP contribution >= 0.6 is 12.4 Å². The van der Waals surface area contributed by atoms with E-state index in [1.54, 1.807) is 36.4 Å². The van der Waals surface area contributed by atoms with Crippen LogP contribution in [0.1, 0.15) is 16.8 Å². The second-order valence-corrected chi connectivity index (χ2v) is 5.91. The zero-order valence-electron chi connectivity index (χ0n) is 14.1. The summed E-state index contributed by atoms with van der Waals surface area (Å²) >= 11 is 0. The number of alkyl halides is 2. The van der Waals surface area contributed by atoms with Gasteiger partial charge in [0.05, 0.1) is 12.1 Å². The van der Waals surface area contributed by atoms with E-state index in [-0.39, 0.29) is 18.4 Å². The Balaban J connectivity index is 0.00000243. The quantitative estimate of drug-likeness (QED) is 0.822. The van der Waals surface area contributed by atoms with Crippen molar-refractivity contribution in [2.24, 2.45) is 0 Å². The van der Waals surface area contributed by atoms with Crippen LogP contribution < -0.4 is 10.1 Å². The van der Waals surface area contributed by atoms with Crippen molar-refractivity contribution in [1.29, 1.82) is 0 Å². The highest BCUT2D eigenvalue weighted by Crippen LogP contribution is 2.27. The molecule has 1 aliphatic heterocycles. The van der Waals surface area contributed by atoms with Crippen LogP contribution in [0.15, 0.2) is 54.6 Å². The van der Waals surface area contributed by atoms with Gasteiger partial charge in [0.25, 0.3) is 12.3 Å². The molecule has 2 aromatic carbocycles. The molecule has 0 aliphatic carbocycles. The first kappa shape index (κ1) is 20.1. The van der Waals surface area contributed by atoms with Crippen LogP contribution in [0.2, 0.25) is 0 Å². The summed E-state index contributed by atoms with van der Waals surface area (Å²) < 4.78 is 31.8. The van der Waals surface area contributed by atoms with E-state index in [1.165, 1.54) is 4.90 Å². The third-order valence-electron chi connectivity index (χ3n) is 4.16. The average Bonchev–Trinajstić information content (AvgIpc) is 3.15. The molecule has 0 unspecified atom stereocenters. The maximum Gasteiger partial charge on any atom is 0.258 e. The van der Waals surface area contributed by atoms with Crippen molar-refractivity contribution in [3.63, 3.8) is 0 Å². The molecule has 1 amide bonds. The minimum Gasteiger partial charge on any atom is -0.457 e. The topological polar surface area (TPSA) is 41.6 Å². The highest BCUT2D eigenvalue weighted by Gasteiger charge is 2.30. The van der Waals surface area contributed by atoms with Crippen LogP contribution in [0.4, 0.5) is 8.78 Å². The summed E-state index contributed by atoms with van der Waals surface area (Å²) in [4.78, 5) is 14.2. The average molecular weight is 383 g/mol. The number of benzene rings is 2. The maximum atomic E-state index is 13.0. The van der Waals surface area contributed by atoms with Gasteiger partial charge in [-0.2, -0.15) is 0 Å². The van der Waals surface area contributed by atoms with E-state index < -0.39 is 18.9 Å². The van der Waals surface area contributed by atoms with Gasteiger partial charge in [0.1, 0.15) is 11.5 Å². The number of nitrogens with zero attached hydrogens (tertiary/aromatic N) is 1. The Labute approximate surface area is 157 Å². The van der Waals surface area contributed by atoms with Gasteiger partial charge in [-0.15, -0.1) is 12.4 Å². The summed E-state index contributed by atoms with van der Waals surface area (Å²) in [7, 11) is 0. The molecule has 2 aromatic rings. The molecular formula is C19H21ClF2N2O2. The fraction of sp³-hybridized carbons (Fsp3) is 0.316. The molecule has 1 saturated heterocycles. The first-order chi connectivity index (χ1) is 12.1. The summed E-state index contributed by atoms with van der Waals surface area (Å²) in [5.41, 5.74) is 0.291. The molecular weight excluding hydrogens is 362 g/mol. The van der Waals surface area contributed by atoms with E-state index in [9.17, 15) is 13.6 Å². The van der Waals surface area contributed by atoms with Crippen LogP contribution in [0.5, 0.6) is 11.5 Å². The molecule has 0 aromatic heterocycles. The molecule has 26 heavy (non-hydrogen) atoms. The zero-order chi connectivity index (χ0) is 17.6. The van der Waals surface area contributed by atoms with E-state index in [0.717, 1.165) is 6.54 Å². The van der Waals surface area contributed by atoms with Crippen molar-refractivity contribution >= 4 is 18.3 Å². The fourth-order valence-corrected chi connectivity index (χ4v) is 2.95. The predicted molar refractivity (Wildman–Crippen MR) is 98.5 cm³/mol. The third-order valence-corrected chi connectivity index (χ3v) is 4.16. The van der Waals surface area contributed by atoms with E-state index in [0.29, 0.717) is 30.0 Å². The van der Waals surface area contributed by atoms with Gasteiger partial charge in [-0.05, 0) is 37.2 Å². The first-order valence-electron chi connectivity index (χ1n) is 8.27. The number of carbonyl (C=O) groups excluding carboxylic acids is 1. The predicted octanol–water partition coefficient (Wildman–Crippen LogP) is 3.97. The molecule has 0 bridgehead atoms. The SMILES string of the molecule is Cl.O=C(c1ccccc1Oc1ccccc1)N(CC(F)F)[C@H]1CCNC1. The molecule has 1 fully saturated rings. The van der Waals surface area contributed by atoms with Gasteiger partial charge < -0.3 is 15.0 Å². The van der Waals surface area contributed by atoms with Crippen molar-refractivity contribution < 1.29 is 18.3 Å². The lowest BCUT2D eigenvalue weighted by Crippen LogP contribution is -2.44. The molecule has 1 heterocycles. The molecule has 4 nitrogen and oxygen atoms in total. The van der Waals surface area contributed by atoms with Gasteiger partial charge in [0.2, 0.25) is 0 Å². The van der Waals surface area contributed by atoms with Crippen LogP contribution in [-0.2, 0) is 0 Å². The summed E-state index contributed by atoms with van der Waals surface area (Å²) in [6.45, 7) is 0.671. The van der Waals surface area contributed by atoms with E-state index in [2.05, 4.69) is 5.32 Å². The van der Waals surface area contributed by atoms with E-state index in [1.807, 2.05) is 18.2 Å². The minimum atomic E-state index is -2.58. The lowest BCUT2D eigenvalue weighted by Gasteiger charge is -2.29. The Kier molecular flexibility index (Phi) is 7.36. The molecule has 1 atom stereocenters. The summed E-state index contributed by atoms with van der Waals surface area (Å²) in [6, 6.07) is 15.6. The van der Waals surface area contributed by atoms with Gasteiger partial charge in [-0.3, -0.25) is 4.79 Å². The molecule has 140 valence electrons. The van der Waals surface area contributed by atoms with Crippen molar-refractivity contribution in [3.05, 3.63) is 60.2 Å². The second-order valence-electron chi connectivity index (χ2n) is 5.91. The Bertz CT molecular complexity index is 710. The number of para-hydroxylation sites is 2. The number of rotatable bonds is 6. The van der Waals surface area contributed by atoms with Gasteiger partial charge in [-0.1, -0.05) is 30.3 Å². The third kappa shape index (κ3) is 4.93. The Hall–Kier alpha value is -2.18. The minimum absolute atomic E-state index is 0. The van der Waals surface area contributed by atoms with Gasteiger partial charge >= 0.3 is 0 Å². The Morgan fingerprint density at radius 1 is 1.15 bits per heavy atom. The van der Waals surface area contributed by atoms with Crippen LogP contribution in [0.25, 0.3) is 0 Å². The number of ether oxygens (including phenoxy) is 1. The van der Waals surface area contributed by atoms with Crippen LogP contribution in [0, 0.1) is 0 Å². The van der Waals surface area contributed by atoms with Gasteiger partial charge in [-0.25, -0.2) is 8.78 Å². The van der Waals surface area contributed by atoms with Gasteiger partial charge in [0.15, 0.2) is 0 Å². The van der Waals surface area contributed by atoms with Crippen molar-refractivity contribution in [1.82, 2.24) is 10.2 Å². The fourth-order valence-electron chi connectivity index (χ4n) is 2.95. The lowest BCUT2D eigenvalue weighted by molar-refractivity contribution is 0.0454. The Morgan fingerprint density at radius 3 is 2.50 bits per heavy atom. The number of carbonyl (C=O) groups is 1. The maximum absolute atomic E-state index is 13.0. The van der Waals surface area contributed by atoms with Crippen LogP contribution in [-0.4, -0.2) is 42.9 Å². The number of amides is 1. The number of hydrogen-bond donors (Lipinski definition) is 1. The smallest absolute Gasteiger partial charge is 0.258 e. The highest BCUT2D eigenvalue weighted by atomic mass is 35.5. The summed E-state index contributed by atoms with van der Waals surface area (Å²) in [5.74, 6) is 0.523.